The number of likely N-dealkylation sites (tertiary alicyclic amines) is 1. The van der Waals surface area contributed by atoms with E-state index in [1.165, 1.54) is 12.2 Å². The van der Waals surface area contributed by atoms with Crippen LogP contribution >= 0.6 is 0 Å². The Morgan fingerprint density at radius 1 is 1.27 bits per heavy atom. The first kappa shape index (κ1) is 17.1. The molecule has 2 rings (SSSR count). The number of piperidine rings is 1. The molecule has 1 aliphatic heterocycles. The molecule has 126 valence electrons. The smallest absolute Gasteiger partial charge is 0.410 e. The summed E-state index contributed by atoms with van der Waals surface area (Å²) in [7, 11) is 3.14. The lowest BCUT2D eigenvalue weighted by Crippen LogP contribution is -2.55. The molecule has 0 N–H and O–H groups in total. The molecule has 6 nitrogen and oxygen atoms in total. The highest BCUT2D eigenvalue weighted by molar-refractivity contribution is 5.79. The van der Waals surface area contributed by atoms with Gasteiger partial charge in [-0.1, -0.05) is 0 Å². The molecule has 1 spiro atoms. The van der Waals surface area contributed by atoms with Crippen molar-refractivity contribution in [2.45, 2.75) is 52.1 Å². The van der Waals surface area contributed by atoms with E-state index in [-0.39, 0.29) is 23.3 Å². The molecule has 1 saturated heterocycles. The maximum absolute atomic E-state index is 12.2. The summed E-state index contributed by atoms with van der Waals surface area (Å²) >= 11 is 0. The summed E-state index contributed by atoms with van der Waals surface area (Å²) < 4.78 is 5.46. The van der Waals surface area contributed by atoms with Gasteiger partial charge >= 0.3 is 6.09 Å². The van der Waals surface area contributed by atoms with Gasteiger partial charge in [-0.05, 0) is 51.9 Å². The maximum atomic E-state index is 12.2. The van der Waals surface area contributed by atoms with Crippen molar-refractivity contribution in [1.82, 2.24) is 9.96 Å². The zero-order valence-electron chi connectivity index (χ0n) is 14.3. The number of hydrogen-bond acceptors (Lipinski definition) is 4. The molecule has 0 atom stereocenters. The number of hydroxylamine groups is 2. The maximum Gasteiger partial charge on any atom is 0.410 e. The predicted molar refractivity (Wildman–Crippen MR) is 82.0 cm³/mol. The van der Waals surface area contributed by atoms with Crippen molar-refractivity contribution >= 4 is 12.0 Å². The van der Waals surface area contributed by atoms with E-state index in [4.69, 9.17) is 9.57 Å². The SMILES string of the molecule is CON(C)C(=O)C1CC2(CCCN(C(=O)OC(C)(C)C)C2)C1. The van der Waals surface area contributed by atoms with Gasteiger partial charge in [-0.15, -0.1) is 0 Å². The fraction of sp³-hybridized carbons (Fsp3) is 0.875. The van der Waals surface area contributed by atoms with E-state index in [9.17, 15) is 9.59 Å². The fourth-order valence-corrected chi connectivity index (χ4v) is 3.53. The number of carbonyl (C=O) groups is 2. The molecule has 1 aliphatic carbocycles. The van der Waals surface area contributed by atoms with E-state index >= 15 is 0 Å². The van der Waals surface area contributed by atoms with E-state index < -0.39 is 5.60 Å². The molecule has 0 radical (unpaired) electrons. The van der Waals surface area contributed by atoms with Crippen LogP contribution in [0.4, 0.5) is 4.79 Å². The van der Waals surface area contributed by atoms with Crippen LogP contribution in [0.1, 0.15) is 46.5 Å². The van der Waals surface area contributed by atoms with Gasteiger partial charge in [0.15, 0.2) is 0 Å². The molecule has 2 aliphatic rings. The zero-order chi connectivity index (χ0) is 16.5. The van der Waals surface area contributed by atoms with Gasteiger partial charge in [-0.3, -0.25) is 9.63 Å². The second kappa shape index (κ2) is 6.07. The van der Waals surface area contributed by atoms with Crippen molar-refractivity contribution in [3.63, 3.8) is 0 Å². The number of amides is 2. The monoisotopic (exact) mass is 312 g/mol. The first-order valence-corrected chi connectivity index (χ1v) is 7.95. The van der Waals surface area contributed by atoms with Gasteiger partial charge in [0.1, 0.15) is 5.60 Å². The third-order valence-electron chi connectivity index (χ3n) is 4.61. The number of ether oxygens (including phenoxy) is 1. The van der Waals surface area contributed by atoms with Crippen molar-refractivity contribution in [3.05, 3.63) is 0 Å². The van der Waals surface area contributed by atoms with Crippen LogP contribution in [-0.4, -0.2) is 54.8 Å². The van der Waals surface area contributed by atoms with Crippen LogP contribution in [0.2, 0.25) is 0 Å². The Kier molecular flexibility index (Phi) is 4.70. The lowest BCUT2D eigenvalue weighted by atomic mass is 9.58. The fourth-order valence-electron chi connectivity index (χ4n) is 3.53. The highest BCUT2D eigenvalue weighted by Gasteiger charge is 2.50. The van der Waals surface area contributed by atoms with Crippen LogP contribution in [0.3, 0.4) is 0 Å². The molecule has 0 aromatic carbocycles. The zero-order valence-corrected chi connectivity index (χ0v) is 14.3. The number of carbonyl (C=O) groups excluding carboxylic acids is 2. The number of hydrogen-bond donors (Lipinski definition) is 0. The third-order valence-corrected chi connectivity index (χ3v) is 4.61. The van der Waals surface area contributed by atoms with E-state index in [1.807, 2.05) is 20.8 Å². The van der Waals surface area contributed by atoms with Gasteiger partial charge in [0.05, 0.1) is 7.11 Å². The van der Waals surface area contributed by atoms with Crippen molar-refractivity contribution in [3.8, 4) is 0 Å². The van der Waals surface area contributed by atoms with Crippen LogP contribution in [0.5, 0.6) is 0 Å². The van der Waals surface area contributed by atoms with Crippen molar-refractivity contribution in [2.24, 2.45) is 11.3 Å². The average Bonchev–Trinajstić information content (AvgIpc) is 2.41. The summed E-state index contributed by atoms with van der Waals surface area (Å²) in [6, 6.07) is 0. The molecule has 0 aromatic heterocycles. The summed E-state index contributed by atoms with van der Waals surface area (Å²) in [5.74, 6) is 0.0473. The first-order chi connectivity index (χ1) is 10.2. The highest BCUT2D eigenvalue weighted by atomic mass is 16.7. The largest absolute Gasteiger partial charge is 0.444 e. The van der Waals surface area contributed by atoms with Crippen molar-refractivity contribution < 1.29 is 19.2 Å². The normalized spacial score (nSPS) is 28.2. The van der Waals surface area contributed by atoms with Crippen LogP contribution < -0.4 is 0 Å². The Hall–Kier alpha value is -1.30. The minimum absolute atomic E-state index is 0.0172. The minimum Gasteiger partial charge on any atom is -0.444 e. The van der Waals surface area contributed by atoms with Gasteiger partial charge in [0, 0.05) is 26.1 Å². The summed E-state index contributed by atoms with van der Waals surface area (Å²) in [5.41, 5.74) is -0.384. The van der Waals surface area contributed by atoms with Crippen LogP contribution in [0.15, 0.2) is 0 Å². The molecule has 22 heavy (non-hydrogen) atoms. The van der Waals surface area contributed by atoms with Crippen LogP contribution in [0, 0.1) is 11.3 Å². The second-order valence-corrected chi connectivity index (χ2v) is 7.63. The molecule has 6 heteroatoms. The molecule has 2 amide bonds. The lowest BCUT2D eigenvalue weighted by Gasteiger charge is -2.52. The van der Waals surface area contributed by atoms with E-state index in [1.54, 1.807) is 11.9 Å². The Labute approximate surface area is 132 Å². The van der Waals surface area contributed by atoms with Gasteiger partial charge in [-0.2, -0.15) is 0 Å². The van der Waals surface area contributed by atoms with Gasteiger partial charge in [0.25, 0.3) is 0 Å². The van der Waals surface area contributed by atoms with E-state index in [2.05, 4.69) is 0 Å². The van der Waals surface area contributed by atoms with Crippen LogP contribution in [0.25, 0.3) is 0 Å². The molecular weight excluding hydrogens is 284 g/mol. The molecule has 0 bridgehead atoms. The highest BCUT2D eigenvalue weighted by Crippen LogP contribution is 2.51. The van der Waals surface area contributed by atoms with Gasteiger partial charge in [-0.25, -0.2) is 9.86 Å². The molecule has 1 heterocycles. The second-order valence-electron chi connectivity index (χ2n) is 7.63. The molecule has 0 aromatic rings. The molecule has 2 fully saturated rings. The molecular formula is C16H28N2O4. The Bertz CT molecular complexity index is 438. The Balaban J connectivity index is 1.90. The molecule has 0 unspecified atom stereocenters. The van der Waals surface area contributed by atoms with Crippen LogP contribution in [-0.2, 0) is 14.4 Å². The first-order valence-electron chi connectivity index (χ1n) is 7.95. The predicted octanol–water partition coefficient (Wildman–Crippen LogP) is 2.43. The lowest BCUT2D eigenvalue weighted by molar-refractivity contribution is -0.182. The summed E-state index contributed by atoms with van der Waals surface area (Å²) in [5, 5.41) is 1.30. The Morgan fingerprint density at radius 2 is 1.91 bits per heavy atom. The minimum atomic E-state index is -0.471. The average molecular weight is 312 g/mol. The van der Waals surface area contributed by atoms with Gasteiger partial charge < -0.3 is 9.64 Å². The molecule has 1 saturated carbocycles. The standard InChI is InChI=1S/C16H28N2O4/c1-15(2,3)22-14(20)18-8-6-7-16(11-18)9-12(10-16)13(19)17(4)21-5/h12H,6-11H2,1-5H3. The number of nitrogens with zero attached hydrogens (tertiary/aromatic N) is 2. The quantitative estimate of drug-likeness (QED) is 0.735. The van der Waals surface area contributed by atoms with Crippen molar-refractivity contribution in [1.29, 1.82) is 0 Å². The van der Waals surface area contributed by atoms with Crippen molar-refractivity contribution in [2.75, 3.05) is 27.2 Å². The summed E-state index contributed by atoms with van der Waals surface area (Å²) in [6.07, 6.45) is 3.47. The van der Waals surface area contributed by atoms with Gasteiger partial charge in [0.2, 0.25) is 5.91 Å². The number of rotatable bonds is 2. The topological polar surface area (TPSA) is 59.1 Å². The van der Waals surface area contributed by atoms with E-state index in [0.717, 1.165) is 32.2 Å². The third kappa shape index (κ3) is 3.72. The summed E-state index contributed by atoms with van der Waals surface area (Å²) in [6.45, 7) is 7.07. The Morgan fingerprint density at radius 3 is 2.45 bits per heavy atom. The van der Waals surface area contributed by atoms with E-state index in [0.29, 0.717) is 6.54 Å². The summed E-state index contributed by atoms with van der Waals surface area (Å²) in [4.78, 5) is 31.1.